The number of ether oxygens (including phenoxy) is 1. The monoisotopic (exact) mass is 349 g/mol. The van der Waals surface area contributed by atoms with Crippen molar-refractivity contribution in [3.05, 3.63) is 59.2 Å². The molecule has 0 unspecified atom stereocenters. The molecule has 0 fully saturated rings. The maximum absolute atomic E-state index is 12.3. The summed E-state index contributed by atoms with van der Waals surface area (Å²) >= 11 is 0. The van der Waals surface area contributed by atoms with Crippen molar-refractivity contribution in [1.29, 1.82) is 0 Å². The second kappa shape index (κ2) is 7.12. The Hall–Kier alpha value is -2.22. The zero-order valence-electron chi connectivity index (χ0n) is 13.9. The van der Waals surface area contributed by atoms with Gasteiger partial charge in [0.05, 0.1) is 17.6 Å². The minimum Gasteiger partial charge on any atom is -0.422 e. The smallest absolute Gasteiger partial charge is 0.343 e. The Morgan fingerprint density at radius 2 is 1.54 bits per heavy atom. The van der Waals surface area contributed by atoms with E-state index in [0.29, 0.717) is 5.75 Å². The van der Waals surface area contributed by atoms with E-state index in [9.17, 15) is 13.2 Å². The zero-order chi connectivity index (χ0) is 17.9. The Bertz CT molecular complexity index is 824. The van der Waals surface area contributed by atoms with Gasteiger partial charge in [0.1, 0.15) is 5.75 Å². The Morgan fingerprint density at radius 3 is 2.04 bits per heavy atom. The van der Waals surface area contributed by atoms with Crippen LogP contribution < -0.4 is 4.74 Å². The first-order valence-electron chi connectivity index (χ1n) is 7.19. The van der Waals surface area contributed by atoms with E-state index in [1.54, 1.807) is 0 Å². The number of carbonyl (C=O) groups is 1. The van der Waals surface area contributed by atoms with E-state index in [4.69, 9.17) is 9.57 Å². The minimum absolute atomic E-state index is 0.0236. The molecule has 128 valence electrons. The average Bonchev–Trinajstić information content (AvgIpc) is 2.57. The highest BCUT2D eigenvalue weighted by atomic mass is 32.2. The number of rotatable bonds is 5. The SMILES string of the molecule is CON(C)S(=O)(=O)c1ccc(C(=O)Oc2c(C)cccc2C)cc1. The van der Waals surface area contributed by atoms with Gasteiger partial charge in [0.15, 0.2) is 0 Å². The van der Waals surface area contributed by atoms with Crippen molar-refractivity contribution in [2.45, 2.75) is 18.7 Å². The van der Waals surface area contributed by atoms with Gasteiger partial charge in [-0.1, -0.05) is 22.7 Å². The third-order valence-electron chi connectivity index (χ3n) is 3.59. The number of sulfonamides is 1. The number of para-hydroxylation sites is 1. The van der Waals surface area contributed by atoms with Gasteiger partial charge in [0.25, 0.3) is 10.0 Å². The number of hydroxylamine groups is 1. The molecule has 0 saturated heterocycles. The Kier molecular flexibility index (Phi) is 5.38. The molecular formula is C17H19NO5S. The third-order valence-corrected chi connectivity index (χ3v) is 5.28. The molecule has 2 aromatic carbocycles. The first kappa shape index (κ1) is 18.1. The molecule has 0 bridgehead atoms. The summed E-state index contributed by atoms with van der Waals surface area (Å²) in [4.78, 5) is 17.0. The lowest BCUT2D eigenvalue weighted by atomic mass is 10.1. The van der Waals surface area contributed by atoms with Crippen molar-refractivity contribution in [3.8, 4) is 5.75 Å². The molecule has 0 aliphatic heterocycles. The van der Waals surface area contributed by atoms with Crippen LogP contribution in [-0.4, -0.2) is 33.0 Å². The largest absolute Gasteiger partial charge is 0.422 e. The molecule has 0 aliphatic rings. The molecule has 0 aliphatic carbocycles. The third kappa shape index (κ3) is 3.64. The van der Waals surface area contributed by atoms with Gasteiger partial charge in [-0.05, 0) is 49.2 Å². The van der Waals surface area contributed by atoms with Gasteiger partial charge in [0, 0.05) is 7.05 Å². The average molecular weight is 349 g/mol. The van der Waals surface area contributed by atoms with Crippen molar-refractivity contribution in [2.75, 3.05) is 14.2 Å². The van der Waals surface area contributed by atoms with Gasteiger partial charge < -0.3 is 4.74 Å². The standard InChI is InChI=1S/C17H19NO5S/c1-12-6-5-7-13(2)16(12)23-17(19)14-8-10-15(11-9-14)24(20,21)18(3)22-4/h5-11H,1-4H3. The van der Waals surface area contributed by atoms with Crippen LogP contribution in [0.15, 0.2) is 47.4 Å². The first-order chi connectivity index (χ1) is 11.3. The number of esters is 1. The van der Waals surface area contributed by atoms with Crippen molar-refractivity contribution < 1.29 is 22.8 Å². The molecule has 0 atom stereocenters. The highest BCUT2D eigenvalue weighted by Crippen LogP contribution is 2.24. The van der Waals surface area contributed by atoms with Gasteiger partial charge >= 0.3 is 5.97 Å². The fourth-order valence-electron chi connectivity index (χ4n) is 2.12. The Balaban J connectivity index is 2.24. The van der Waals surface area contributed by atoms with E-state index in [1.807, 2.05) is 32.0 Å². The molecule has 0 amide bonds. The fourth-order valence-corrected chi connectivity index (χ4v) is 3.09. The van der Waals surface area contributed by atoms with E-state index in [0.717, 1.165) is 15.6 Å². The van der Waals surface area contributed by atoms with Gasteiger partial charge in [-0.3, -0.25) is 4.84 Å². The van der Waals surface area contributed by atoms with Gasteiger partial charge in [-0.25, -0.2) is 13.2 Å². The lowest BCUT2D eigenvalue weighted by Crippen LogP contribution is -2.25. The summed E-state index contributed by atoms with van der Waals surface area (Å²) < 4.78 is 30.4. The summed E-state index contributed by atoms with van der Waals surface area (Å²) in [6, 6.07) is 11.1. The van der Waals surface area contributed by atoms with Crippen molar-refractivity contribution in [3.63, 3.8) is 0 Å². The molecule has 7 heteroatoms. The molecule has 0 saturated carbocycles. The molecule has 0 N–H and O–H groups in total. The predicted molar refractivity (Wildman–Crippen MR) is 89.3 cm³/mol. The van der Waals surface area contributed by atoms with Crippen LogP contribution in [-0.2, 0) is 14.9 Å². The number of hydrogen-bond donors (Lipinski definition) is 0. The summed E-state index contributed by atoms with van der Waals surface area (Å²) in [5, 5.41) is 0. The molecule has 2 aromatic rings. The summed E-state index contributed by atoms with van der Waals surface area (Å²) in [5.41, 5.74) is 1.96. The second-order valence-corrected chi connectivity index (χ2v) is 7.17. The summed E-state index contributed by atoms with van der Waals surface area (Å²) in [6.45, 7) is 3.71. The molecule has 6 nitrogen and oxygen atoms in total. The van der Waals surface area contributed by atoms with E-state index < -0.39 is 16.0 Å². The summed E-state index contributed by atoms with van der Waals surface area (Å²) in [7, 11) is -1.20. The molecule has 0 heterocycles. The molecule has 0 spiro atoms. The highest BCUT2D eigenvalue weighted by Gasteiger charge is 2.21. The fraction of sp³-hybridized carbons (Fsp3) is 0.235. The van der Waals surface area contributed by atoms with Crippen LogP contribution in [0.25, 0.3) is 0 Å². The van der Waals surface area contributed by atoms with Crippen molar-refractivity contribution in [2.24, 2.45) is 0 Å². The number of hydrogen-bond acceptors (Lipinski definition) is 5. The van der Waals surface area contributed by atoms with Crippen LogP contribution >= 0.6 is 0 Å². The maximum atomic E-state index is 12.3. The number of nitrogens with zero attached hydrogens (tertiary/aromatic N) is 1. The zero-order valence-corrected chi connectivity index (χ0v) is 14.8. The van der Waals surface area contributed by atoms with E-state index >= 15 is 0 Å². The number of benzene rings is 2. The molecule has 2 rings (SSSR count). The second-order valence-electron chi connectivity index (χ2n) is 5.23. The van der Waals surface area contributed by atoms with Gasteiger partial charge in [-0.2, -0.15) is 0 Å². The minimum atomic E-state index is -3.74. The van der Waals surface area contributed by atoms with Gasteiger partial charge in [0.2, 0.25) is 0 Å². The van der Waals surface area contributed by atoms with Crippen LogP contribution in [0, 0.1) is 13.8 Å². The molecular weight excluding hydrogens is 330 g/mol. The summed E-state index contributed by atoms with van der Waals surface area (Å²) in [5.74, 6) is -0.0326. The molecule has 24 heavy (non-hydrogen) atoms. The number of carbonyl (C=O) groups excluding carboxylic acids is 1. The van der Waals surface area contributed by atoms with Crippen molar-refractivity contribution >= 4 is 16.0 Å². The van der Waals surface area contributed by atoms with E-state index in [-0.39, 0.29) is 10.5 Å². The maximum Gasteiger partial charge on any atom is 0.343 e. The van der Waals surface area contributed by atoms with Crippen LogP contribution in [0.5, 0.6) is 5.75 Å². The number of aryl methyl sites for hydroxylation is 2. The first-order valence-corrected chi connectivity index (χ1v) is 8.63. The predicted octanol–water partition coefficient (Wildman–Crippen LogP) is 2.70. The van der Waals surface area contributed by atoms with Crippen LogP contribution in [0.4, 0.5) is 0 Å². The molecule has 0 radical (unpaired) electrons. The highest BCUT2D eigenvalue weighted by molar-refractivity contribution is 7.89. The van der Waals surface area contributed by atoms with Crippen LogP contribution in [0.2, 0.25) is 0 Å². The quantitative estimate of drug-likeness (QED) is 0.471. The summed E-state index contributed by atoms with van der Waals surface area (Å²) in [6.07, 6.45) is 0. The van der Waals surface area contributed by atoms with E-state index in [1.165, 1.54) is 38.4 Å². The van der Waals surface area contributed by atoms with Crippen molar-refractivity contribution in [1.82, 2.24) is 4.47 Å². The Morgan fingerprint density at radius 1 is 1.00 bits per heavy atom. The van der Waals surface area contributed by atoms with Crippen LogP contribution in [0.1, 0.15) is 21.5 Å². The van der Waals surface area contributed by atoms with E-state index in [2.05, 4.69) is 0 Å². The lowest BCUT2D eigenvalue weighted by molar-refractivity contribution is -0.0258. The Labute approximate surface area is 141 Å². The van der Waals surface area contributed by atoms with Gasteiger partial charge in [-0.15, -0.1) is 0 Å². The van der Waals surface area contributed by atoms with Crippen LogP contribution in [0.3, 0.4) is 0 Å². The topological polar surface area (TPSA) is 72.9 Å². The normalized spacial score (nSPS) is 11.5. The molecule has 0 aromatic heterocycles. The lowest BCUT2D eigenvalue weighted by Gasteiger charge is -2.14.